The van der Waals surface area contributed by atoms with Crippen LogP contribution in [0.4, 0.5) is 0 Å². The Morgan fingerprint density at radius 3 is 1.95 bits per heavy atom. The molecule has 42 heavy (non-hydrogen) atoms. The second kappa shape index (κ2) is 10.3. The lowest BCUT2D eigenvalue weighted by Crippen LogP contribution is -2.59. The van der Waals surface area contributed by atoms with Crippen molar-refractivity contribution in [2.75, 3.05) is 6.54 Å². The van der Waals surface area contributed by atoms with Crippen LogP contribution in [0.25, 0.3) is 0 Å². The van der Waals surface area contributed by atoms with E-state index in [1.807, 2.05) is 54.6 Å². The number of carbonyl (C=O) groups excluding carboxylic acids is 2. The number of amides is 1. The van der Waals surface area contributed by atoms with Gasteiger partial charge in [0.15, 0.2) is 5.78 Å². The Labute approximate surface area is 250 Å². The molecule has 4 nitrogen and oxygen atoms in total. The van der Waals surface area contributed by atoms with Crippen LogP contribution in [0.5, 0.6) is 0 Å². The maximum atomic E-state index is 14.6. The minimum Gasteiger partial charge on any atom is -0.387 e. The van der Waals surface area contributed by atoms with Crippen LogP contribution >= 0.6 is 0 Å². The molecule has 3 fully saturated rings. The van der Waals surface area contributed by atoms with E-state index in [4.69, 9.17) is 0 Å². The normalized spacial score (nSPS) is 32.0. The Balaban J connectivity index is 1.27. The largest absolute Gasteiger partial charge is 0.387 e. The van der Waals surface area contributed by atoms with Gasteiger partial charge in [-0.3, -0.25) is 9.59 Å². The van der Waals surface area contributed by atoms with Gasteiger partial charge in [0.25, 0.3) is 0 Å². The zero-order valence-corrected chi connectivity index (χ0v) is 24.8. The van der Waals surface area contributed by atoms with Gasteiger partial charge in [-0.15, -0.1) is 0 Å². The lowest BCUT2D eigenvalue weighted by Gasteiger charge is -2.58. The first-order valence-corrected chi connectivity index (χ1v) is 15.8. The molecule has 1 aliphatic heterocycles. The number of allylic oxidation sites excluding steroid dienone is 2. The molecule has 1 saturated heterocycles. The van der Waals surface area contributed by atoms with Gasteiger partial charge < -0.3 is 10.6 Å². The number of hydrogen-bond donors (Lipinski definition) is 2. The van der Waals surface area contributed by atoms with E-state index in [9.17, 15) is 9.59 Å². The minimum absolute atomic E-state index is 0.0875. The number of rotatable bonds is 5. The summed E-state index contributed by atoms with van der Waals surface area (Å²) in [4.78, 5) is 28.3. The van der Waals surface area contributed by atoms with Gasteiger partial charge >= 0.3 is 0 Å². The van der Waals surface area contributed by atoms with Crippen LogP contribution in [0, 0.1) is 34.5 Å². The SMILES string of the molecule is C[C@@]12CCC[C@H]1[C@@H]1CNC3=CC(=O)C(C(=O)NC(c4ccccc4)(c4ccccc4)c4ccccc4)C[C@]3(C)[C@@H]1CC2. The molecule has 1 unspecified atom stereocenters. The third-order valence-corrected chi connectivity index (χ3v) is 11.7. The molecule has 3 aromatic carbocycles. The summed E-state index contributed by atoms with van der Waals surface area (Å²) < 4.78 is 0. The first-order chi connectivity index (χ1) is 20.3. The number of benzene rings is 3. The van der Waals surface area contributed by atoms with Crippen molar-refractivity contribution in [2.45, 2.75) is 57.9 Å². The first kappa shape index (κ1) is 27.2. The summed E-state index contributed by atoms with van der Waals surface area (Å²) in [6.45, 7) is 5.78. The Kier molecular flexibility index (Phi) is 6.64. The molecule has 0 spiro atoms. The Hall–Kier alpha value is -3.66. The monoisotopic (exact) mass is 558 g/mol. The summed E-state index contributed by atoms with van der Waals surface area (Å²) >= 11 is 0. The van der Waals surface area contributed by atoms with Gasteiger partial charge in [-0.1, -0.05) is 111 Å². The van der Waals surface area contributed by atoms with Gasteiger partial charge in [-0.25, -0.2) is 0 Å². The van der Waals surface area contributed by atoms with Crippen molar-refractivity contribution < 1.29 is 9.59 Å². The van der Waals surface area contributed by atoms with Crippen LogP contribution in [0.1, 0.15) is 69.1 Å². The molecule has 0 aromatic heterocycles. The third-order valence-electron chi connectivity index (χ3n) is 11.7. The molecular formula is C38H42N2O2. The standard InChI is InChI=1S/C38H42N2O2/c1-36-21-12-19-31(36)30-25-39-34-23-33(41)29(24-37(34,2)32(30)20-22-36)35(42)40-38(26-13-6-3-7-14-26,27-15-8-4-9-16-27)28-17-10-5-11-18-28/h3-11,13-18,23,29-32,39H,12,19-22,24-25H2,1-2H3,(H,40,42)/t29?,30-,31-,32+,36-,37+/m0/s1. The van der Waals surface area contributed by atoms with Crippen molar-refractivity contribution in [2.24, 2.45) is 34.5 Å². The van der Waals surface area contributed by atoms with Gasteiger partial charge in [0.1, 0.15) is 11.5 Å². The van der Waals surface area contributed by atoms with Crippen LogP contribution in [0.2, 0.25) is 0 Å². The maximum Gasteiger partial charge on any atom is 0.232 e. The molecule has 216 valence electrons. The van der Waals surface area contributed by atoms with Crippen LogP contribution < -0.4 is 10.6 Å². The van der Waals surface area contributed by atoms with Crippen LogP contribution in [0.15, 0.2) is 103 Å². The van der Waals surface area contributed by atoms with E-state index in [-0.39, 0.29) is 17.1 Å². The van der Waals surface area contributed by atoms with Crippen molar-refractivity contribution in [3.05, 3.63) is 119 Å². The van der Waals surface area contributed by atoms with Crippen molar-refractivity contribution >= 4 is 11.7 Å². The quantitative estimate of drug-likeness (QED) is 0.262. The van der Waals surface area contributed by atoms with Crippen LogP contribution in [-0.4, -0.2) is 18.2 Å². The van der Waals surface area contributed by atoms with Crippen LogP contribution in [-0.2, 0) is 15.1 Å². The summed E-state index contributed by atoms with van der Waals surface area (Å²) in [6.07, 6.45) is 8.74. The molecule has 3 aromatic rings. The van der Waals surface area contributed by atoms with Gasteiger partial charge in [0.2, 0.25) is 5.91 Å². The zero-order valence-electron chi connectivity index (χ0n) is 24.8. The van der Waals surface area contributed by atoms with Gasteiger partial charge in [0, 0.05) is 23.7 Å². The molecule has 4 aliphatic rings. The molecule has 1 heterocycles. The fourth-order valence-corrected chi connectivity index (χ4v) is 9.51. The summed E-state index contributed by atoms with van der Waals surface area (Å²) in [5.74, 6) is 0.807. The molecule has 6 atom stereocenters. The second-order valence-electron chi connectivity index (χ2n) is 13.8. The molecule has 7 rings (SSSR count). The Bertz CT molecular complexity index is 1400. The number of nitrogens with one attached hydrogen (secondary N) is 2. The lowest BCUT2D eigenvalue weighted by atomic mass is 9.50. The van der Waals surface area contributed by atoms with Crippen molar-refractivity contribution in [1.82, 2.24) is 10.6 Å². The molecule has 2 saturated carbocycles. The zero-order chi connectivity index (χ0) is 29.0. The number of ketones is 1. The van der Waals surface area contributed by atoms with Gasteiger partial charge in [0.05, 0.1) is 0 Å². The lowest BCUT2D eigenvalue weighted by molar-refractivity contribution is -0.136. The summed E-state index contributed by atoms with van der Waals surface area (Å²) in [7, 11) is 0. The highest BCUT2D eigenvalue weighted by Gasteiger charge is 2.58. The van der Waals surface area contributed by atoms with Gasteiger partial charge in [-0.2, -0.15) is 0 Å². The average Bonchev–Trinajstić information content (AvgIpc) is 3.43. The van der Waals surface area contributed by atoms with E-state index in [0.29, 0.717) is 23.7 Å². The highest BCUT2D eigenvalue weighted by molar-refractivity contribution is 6.08. The first-order valence-electron chi connectivity index (χ1n) is 15.8. The molecule has 0 radical (unpaired) electrons. The Morgan fingerprint density at radius 1 is 0.810 bits per heavy atom. The van der Waals surface area contributed by atoms with E-state index in [1.54, 1.807) is 6.08 Å². The van der Waals surface area contributed by atoms with E-state index in [0.717, 1.165) is 34.9 Å². The van der Waals surface area contributed by atoms with Gasteiger partial charge in [-0.05, 0) is 72.0 Å². The molecule has 2 N–H and O–H groups in total. The van der Waals surface area contributed by atoms with E-state index >= 15 is 0 Å². The number of fused-ring (bicyclic) bond motifs is 5. The Morgan fingerprint density at radius 2 is 1.38 bits per heavy atom. The molecular weight excluding hydrogens is 516 g/mol. The maximum absolute atomic E-state index is 14.6. The smallest absolute Gasteiger partial charge is 0.232 e. The van der Waals surface area contributed by atoms with E-state index < -0.39 is 11.5 Å². The summed E-state index contributed by atoms with van der Waals surface area (Å²) in [6, 6.07) is 30.5. The highest BCUT2D eigenvalue weighted by atomic mass is 16.2. The van der Waals surface area contributed by atoms with Crippen molar-refractivity contribution in [3.63, 3.8) is 0 Å². The summed E-state index contributed by atoms with van der Waals surface area (Å²) in [5.41, 5.74) is 3.26. The van der Waals surface area contributed by atoms with E-state index in [1.165, 1.54) is 32.1 Å². The highest BCUT2D eigenvalue weighted by Crippen LogP contribution is 2.62. The molecule has 0 bridgehead atoms. The average molecular weight is 559 g/mol. The van der Waals surface area contributed by atoms with Crippen molar-refractivity contribution in [3.8, 4) is 0 Å². The second-order valence-corrected chi connectivity index (χ2v) is 13.8. The van der Waals surface area contributed by atoms with Crippen LogP contribution in [0.3, 0.4) is 0 Å². The summed E-state index contributed by atoms with van der Waals surface area (Å²) in [5, 5.41) is 7.21. The minimum atomic E-state index is -0.935. The number of hydrogen-bond acceptors (Lipinski definition) is 3. The molecule has 3 aliphatic carbocycles. The predicted octanol–water partition coefficient (Wildman–Crippen LogP) is 7.01. The number of piperidine rings is 1. The fourth-order valence-electron chi connectivity index (χ4n) is 9.51. The molecule has 4 heteroatoms. The molecule has 1 amide bonds. The fraction of sp³-hybridized carbons (Fsp3) is 0.421. The third kappa shape index (κ3) is 4.17. The van der Waals surface area contributed by atoms with E-state index in [2.05, 4.69) is 60.9 Å². The number of carbonyl (C=O) groups is 2. The predicted molar refractivity (Wildman–Crippen MR) is 166 cm³/mol. The topological polar surface area (TPSA) is 58.2 Å². The van der Waals surface area contributed by atoms with Crippen molar-refractivity contribution in [1.29, 1.82) is 0 Å².